The molecule has 6 heteroatoms. The third kappa shape index (κ3) is 9.04. The highest BCUT2D eigenvalue weighted by Crippen LogP contribution is 1.99. The highest BCUT2D eigenvalue weighted by atomic mass is 16.6. The summed E-state index contributed by atoms with van der Waals surface area (Å²) in [5.41, 5.74) is 0. The molecule has 0 fully saturated rings. The molecule has 0 aliphatic heterocycles. The molecule has 0 aromatic heterocycles. The monoisotopic (exact) mass is 261 g/mol. The van der Waals surface area contributed by atoms with Gasteiger partial charge in [0.2, 0.25) is 0 Å². The van der Waals surface area contributed by atoms with E-state index in [1.165, 1.54) is 12.8 Å². The van der Waals surface area contributed by atoms with Crippen molar-refractivity contribution in [1.29, 1.82) is 0 Å². The lowest BCUT2D eigenvalue weighted by Gasteiger charge is -2.12. The zero-order chi connectivity index (χ0) is 13.6. The Bertz CT molecular complexity index is 212. The van der Waals surface area contributed by atoms with Crippen LogP contribution in [0, 0.1) is 0 Å². The molecule has 0 unspecified atom stereocenters. The van der Waals surface area contributed by atoms with E-state index < -0.39 is 0 Å². The second-order valence-corrected chi connectivity index (χ2v) is 4.48. The molecule has 0 aromatic carbocycles. The van der Waals surface area contributed by atoms with Gasteiger partial charge in [-0.1, -0.05) is 26.7 Å². The number of hydrazine groups is 1. The van der Waals surface area contributed by atoms with Gasteiger partial charge in [0.1, 0.15) is 0 Å². The summed E-state index contributed by atoms with van der Waals surface area (Å²) in [7, 11) is 0. The molecule has 6 nitrogen and oxygen atoms in total. The summed E-state index contributed by atoms with van der Waals surface area (Å²) < 4.78 is 0. The molecular weight excluding hydrogens is 232 g/mol. The van der Waals surface area contributed by atoms with E-state index in [0.29, 0.717) is 18.1 Å². The Morgan fingerprint density at radius 3 is 2.22 bits per heavy atom. The van der Waals surface area contributed by atoms with Gasteiger partial charge in [0.05, 0.1) is 13.1 Å². The van der Waals surface area contributed by atoms with Crippen LogP contribution in [-0.4, -0.2) is 46.6 Å². The fraction of sp³-hybridized carbons (Fsp3) is 1.00. The quantitative estimate of drug-likeness (QED) is 0.218. The summed E-state index contributed by atoms with van der Waals surface area (Å²) in [6, 6.07) is 0. The van der Waals surface area contributed by atoms with E-state index in [-0.39, 0.29) is 0 Å². The van der Waals surface area contributed by atoms with Gasteiger partial charge in [0.25, 0.3) is 10.2 Å². The molecule has 0 saturated heterocycles. The van der Waals surface area contributed by atoms with Gasteiger partial charge >= 0.3 is 0 Å². The van der Waals surface area contributed by atoms with Crippen LogP contribution in [0.4, 0.5) is 0 Å². The Morgan fingerprint density at radius 1 is 1.00 bits per heavy atom. The Balaban J connectivity index is 3.63. The van der Waals surface area contributed by atoms with Crippen molar-refractivity contribution >= 4 is 0 Å². The molecule has 0 bridgehead atoms. The van der Waals surface area contributed by atoms with Crippen molar-refractivity contribution in [3.05, 3.63) is 0 Å². The van der Waals surface area contributed by atoms with Crippen LogP contribution in [-0.2, 0) is 0 Å². The fourth-order valence-electron chi connectivity index (χ4n) is 1.66. The van der Waals surface area contributed by atoms with E-state index in [1.54, 1.807) is 5.01 Å². The van der Waals surface area contributed by atoms with Crippen LogP contribution in [0.15, 0.2) is 5.28 Å². The first-order valence-corrected chi connectivity index (χ1v) is 7.05. The maximum absolute atomic E-state index is 9.34. The minimum atomic E-state index is 0.542. The SMILES string of the molecule is CCCCNCCCCN(CCCC)/[N+](O)=N/O. The molecule has 0 aromatic rings. The molecule has 0 aliphatic carbocycles. The fourth-order valence-corrected chi connectivity index (χ4v) is 1.66. The molecule has 0 saturated carbocycles. The minimum Gasteiger partial charge on any atom is -0.357 e. The van der Waals surface area contributed by atoms with Crippen LogP contribution in [0.3, 0.4) is 0 Å². The van der Waals surface area contributed by atoms with Crippen molar-refractivity contribution in [1.82, 2.24) is 10.3 Å². The zero-order valence-electron chi connectivity index (χ0n) is 11.8. The van der Waals surface area contributed by atoms with Gasteiger partial charge in [-0.15, -0.1) is 5.01 Å². The van der Waals surface area contributed by atoms with Crippen LogP contribution >= 0.6 is 0 Å². The van der Waals surface area contributed by atoms with Crippen LogP contribution in [0.5, 0.6) is 0 Å². The molecule has 0 aliphatic rings. The highest BCUT2D eigenvalue weighted by molar-refractivity contribution is 4.51. The van der Waals surface area contributed by atoms with Gasteiger partial charge in [0, 0.05) is 0 Å². The average Bonchev–Trinajstić information content (AvgIpc) is 2.40. The van der Waals surface area contributed by atoms with E-state index >= 15 is 0 Å². The largest absolute Gasteiger partial charge is 0.357 e. The summed E-state index contributed by atoms with van der Waals surface area (Å²) in [6.07, 6.45) is 6.49. The van der Waals surface area contributed by atoms with Gasteiger partial charge in [-0.2, -0.15) is 0 Å². The van der Waals surface area contributed by atoms with Crippen LogP contribution in [0.1, 0.15) is 52.4 Å². The first kappa shape index (κ1) is 17.0. The van der Waals surface area contributed by atoms with Crippen LogP contribution in [0.2, 0.25) is 0 Å². The van der Waals surface area contributed by atoms with Crippen molar-refractivity contribution in [2.75, 3.05) is 26.2 Å². The van der Waals surface area contributed by atoms with E-state index in [9.17, 15) is 5.21 Å². The zero-order valence-corrected chi connectivity index (χ0v) is 11.8. The number of nitrogens with one attached hydrogen (secondary N) is 1. The lowest BCUT2D eigenvalue weighted by atomic mass is 10.2. The summed E-state index contributed by atoms with van der Waals surface area (Å²) in [5, 5.41) is 25.7. The topological polar surface area (TPSA) is 71.1 Å². The molecule has 18 heavy (non-hydrogen) atoms. The second-order valence-electron chi connectivity index (χ2n) is 4.48. The maximum atomic E-state index is 9.34. The molecule has 0 amide bonds. The summed E-state index contributed by atoms with van der Waals surface area (Å²) in [5.74, 6) is 0. The summed E-state index contributed by atoms with van der Waals surface area (Å²) in [6.45, 7) is 7.77. The predicted molar refractivity (Wildman–Crippen MR) is 69.8 cm³/mol. The van der Waals surface area contributed by atoms with Crippen molar-refractivity contribution in [2.45, 2.75) is 52.4 Å². The number of hydrogen-bond donors (Lipinski definition) is 3. The minimum absolute atomic E-state index is 0.542. The van der Waals surface area contributed by atoms with Gasteiger partial charge in [-0.25, -0.2) is 5.21 Å². The second kappa shape index (κ2) is 12.4. The van der Waals surface area contributed by atoms with Gasteiger partial charge in [0.15, 0.2) is 0 Å². The summed E-state index contributed by atoms with van der Waals surface area (Å²) >= 11 is 0. The van der Waals surface area contributed by atoms with Gasteiger partial charge in [-0.3, -0.25) is 0 Å². The van der Waals surface area contributed by atoms with Crippen molar-refractivity contribution in [2.24, 2.45) is 5.28 Å². The molecule has 108 valence electrons. The van der Waals surface area contributed by atoms with Crippen molar-refractivity contribution < 1.29 is 15.4 Å². The van der Waals surface area contributed by atoms with Crippen LogP contribution in [0.25, 0.3) is 0 Å². The smallest absolute Gasteiger partial charge is 0.271 e. The van der Waals surface area contributed by atoms with Crippen LogP contribution < -0.4 is 5.32 Å². The Kier molecular flexibility index (Phi) is 11.7. The van der Waals surface area contributed by atoms with E-state index in [2.05, 4.69) is 24.4 Å². The molecule has 0 radical (unpaired) electrons. The van der Waals surface area contributed by atoms with Gasteiger partial charge in [-0.05, 0) is 38.8 Å². The predicted octanol–water partition coefficient (Wildman–Crippen LogP) is 2.42. The number of hydrogen-bond acceptors (Lipinski definition) is 2. The lowest BCUT2D eigenvalue weighted by molar-refractivity contribution is -0.941. The van der Waals surface area contributed by atoms with Crippen molar-refractivity contribution in [3.63, 3.8) is 0 Å². The number of nitrogens with zero attached hydrogens (tertiary/aromatic N) is 3. The number of unbranched alkanes of at least 4 members (excludes halogenated alkanes) is 3. The third-order valence-corrected chi connectivity index (χ3v) is 2.83. The Labute approximate surface area is 110 Å². The van der Waals surface area contributed by atoms with E-state index in [1.807, 2.05) is 0 Å². The maximum Gasteiger partial charge on any atom is 0.271 e. The lowest BCUT2D eigenvalue weighted by Crippen LogP contribution is -2.34. The molecule has 0 spiro atoms. The normalized spacial score (nSPS) is 11.8. The summed E-state index contributed by atoms with van der Waals surface area (Å²) in [4.78, 5) is 0.542. The third-order valence-electron chi connectivity index (χ3n) is 2.83. The van der Waals surface area contributed by atoms with E-state index in [4.69, 9.17) is 5.21 Å². The Hall–Kier alpha value is -1.04. The number of rotatable bonds is 12. The van der Waals surface area contributed by atoms with E-state index in [0.717, 1.165) is 38.8 Å². The van der Waals surface area contributed by atoms with Gasteiger partial charge < -0.3 is 10.5 Å². The Morgan fingerprint density at radius 2 is 1.61 bits per heavy atom. The molecule has 0 rings (SSSR count). The molecule has 3 N–H and O–H groups in total. The first-order valence-electron chi connectivity index (χ1n) is 7.05. The highest BCUT2D eigenvalue weighted by Gasteiger charge is 2.16. The molecule has 0 heterocycles. The molecular formula is C12H29N4O2+. The standard InChI is InChI=1S/C12H28N4O2/c1-3-5-9-13-10-7-8-12-15(11-6-4-2)16(18)14-17/h13,18H,3-12H2,1-2H3/p+1. The molecule has 0 atom stereocenters. The average molecular weight is 261 g/mol. The first-order chi connectivity index (χ1) is 8.76. The van der Waals surface area contributed by atoms with Crippen molar-refractivity contribution in [3.8, 4) is 0 Å².